The van der Waals surface area contributed by atoms with Crippen molar-refractivity contribution >= 4 is 26.3 Å². The number of rotatable bonds is 3. The Balaban J connectivity index is 2.18. The number of benzene rings is 2. The second-order valence-corrected chi connectivity index (χ2v) is 7.97. The fourth-order valence-electron chi connectivity index (χ4n) is 2.12. The van der Waals surface area contributed by atoms with Crippen molar-refractivity contribution in [3.63, 3.8) is 0 Å². The minimum absolute atomic E-state index is 0.186. The van der Waals surface area contributed by atoms with Crippen molar-refractivity contribution in [3.8, 4) is 0 Å². The normalized spacial score (nSPS) is 13.1. The molecule has 2 rings (SSSR count). The fourth-order valence-corrected chi connectivity index (χ4v) is 4.51. The van der Waals surface area contributed by atoms with E-state index in [9.17, 15) is 0 Å². The molecule has 0 radical (unpaired) electrons. The van der Waals surface area contributed by atoms with Crippen LogP contribution in [0, 0.1) is 20.8 Å². The molecule has 0 nitrogen and oxygen atoms in total. The summed E-state index contributed by atoms with van der Waals surface area (Å²) in [5, 5.41) is 1.67. The lowest BCUT2D eigenvalue weighted by Gasteiger charge is -2.13. The first-order valence-corrected chi connectivity index (χ1v) is 8.29. The maximum atomic E-state index is 6.58. The van der Waals surface area contributed by atoms with Gasteiger partial charge in [0.2, 0.25) is 0 Å². The number of aryl methyl sites for hydroxylation is 2. The Morgan fingerprint density at radius 1 is 0.944 bits per heavy atom. The molecule has 2 aromatic carbocycles. The highest BCUT2D eigenvalue weighted by Gasteiger charge is 2.11. The van der Waals surface area contributed by atoms with Gasteiger partial charge in [-0.3, -0.25) is 0 Å². The Kier molecular flexibility index (Phi) is 4.26. The van der Waals surface area contributed by atoms with Gasteiger partial charge in [-0.05, 0) is 37.5 Å². The molecule has 94 valence electrons. The van der Waals surface area contributed by atoms with Gasteiger partial charge in [0.05, 0.1) is 9.52 Å². The van der Waals surface area contributed by atoms with E-state index in [0.29, 0.717) is 0 Å². The van der Waals surface area contributed by atoms with Crippen LogP contribution in [0.1, 0.15) is 27.3 Å². The Morgan fingerprint density at radius 2 is 1.61 bits per heavy atom. The van der Waals surface area contributed by atoms with Gasteiger partial charge in [-0.25, -0.2) is 0 Å². The molecule has 0 fully saturated rings. The number of hydrogen-bond acceptors (Lipinski definition) is 0. The summed E-state index contributed by atoms with van der Waals surface area (Å²) in [6.45, 7) is 6.48. The average molecular weight is 275 g/mol. The standard InChI is InChI=1S/C16H19ClSi/c1-11-7-9-14(10-8-11)16(17)18-15-6-4-5-12(2)13(15)3/h4-10,16H,18H2,1-3H3. The molecule has 0 aliphatic heterocycles. The summed E-state index contributed by atoms with van der Waals surface area (Å²) >= 11 is 6.58. The minimum atomic E-state index is -0.482. The largest absolute Gasteiger partial charge is 0.122 e. The third-order valence-electron chi connectivity index (χ3n) is 3.55. The molecule has 0 saturated carbocycles. The van der Waals surface area contributed by atoms with E-state index < -0.39 is 9.52 Å². The topological polar surface area (TPSA) is 0 Å². The fraction of sp³-hybridized carbons (Fsp3) is 0.250. The van der Waals surface area contributed by atoms with Gasteiger partial charge in [-0.1, -0.05) is 53.2 Å². The van der Waals surface area contributed by atoms with Crippen molar-refractivity contribution in [2.75, 3.05) is 0 Å². The number of halogens is 1. The SMILES string of the molecule is Cc1ccc(C(Cl)[SiH2]c2cccc(C)c2C)cc1. The van der Waals surface area contributed by atoms with E-state index in [-0.39, 0.29) is 5.00 Å². The second kappa shape index (κ2) is 5.72. The Labute approximate surface area is 117 Å². The highest BCUT2D eigenvalue weighted by Crippen LogP contribution is 2.20. The smallest absolute Gasteiger partial charge is 0.0812 e. The molecule has 0 N–H and O–H groups in total. The first kappa shape index (κ1) is 13.4. The maximum Gasteiger partial charge on any atom is 0.0812 e. The Bertz CT molecular complexity index is 531. The lowest BCUT2D eigenvalue weighted by molar-refractivity contribution is 1.30. The van der Waals surface area contributed by atoms with Crippen molar-refractivity contribution in [1.82, 2.24) is 0 Å². The number of hydrogen-bond donors (Lipinski definition) is 0. The van der Waals surface area contributed by atoms with E-state index in [2.05, 4.69) is 63.2 Å². The van der Waals surface area contributed by atoms with Crippen molar-refractivity contribution in [1.29, 1.82) is 0 Å². The van der Waals surface area contributed by atoms with Crippen LogP contribution >= 0.6 is 11.6 Å². The summed E-state index contributed by atoms with van der Waals surface area (Å²) in [5.74, 6) is 0. The predicted molar refractivity (Wildman–Crippen MR) is 83.9 cm³/mol. The van der Waals surface area contributed by atoms with Gasteiger partial charge in [-0.2, -0.15) is 0 Å². The van der Waals surface area contributed by atoms with Crippen molar-refractivity contribution in [3.05, 3.63) is 64.7 Å². The monoisotopic (exact) mass is 274 g/mol. The van der Waals surface area contributed by atoms with Crippen LogP contribution in [0.3, 0.4) is 0 Å². The summed E-state index contributed by atoms with van der Waals surface area (Å²) < 4.78 is 0. The van der Waals surface area contributed by atoms with Crippen LogP contribution in [0.5, 0.6) is 0 Å². The molecular formula is C16H19ClSi. The van der Waals surface area contributed by atoms with E-state index in [1.54, 1.807) is 0 Å². The molecule has 18 heavy (non-hydrogen) atoms. The lowest BCUT2D eigenvalue weighted by Crippen LogP contribution is -2.22. The zero-order chi connectivity index (χ0) is 13.1. The minimum Gasteiger partial charge on any atom is -0.122 e. The van der Waals surface area contributed by atoms with Gasteiger partial charge >= 0.3 is 0 Å². The molecule has 1 atom stereocenters. The second-order valence-electron chi connectivity index (χ2n) is 4.94. The molecule has 0 saturated heterocycles. The lowest BCUT2D eigenvalue weighted by atomic mass is 10.1. The van der Waals surface area contributed by atoms with Crippen LogP contribution in [0.15, 0.2) is 42.5 Å². The molecule has 0 bridgehead atoms. The van der Waals surface area contributed by atoms with E-state index in [4.69, 9.17) is 11.6 Å². The van der Waals surface area contributed by atoms with Crippen LogP contribution in [0.4, 0.5) is 0 Å². The summed E-state index contributed by atoms with van der Waals surface area (Å²) in [6.07, 6.45) is 0. The molecule has 0 aliphatic rings. The molecule has 2 heteroatoms. The van der Waals surface area contributed by atoms with Crippen LogP contribution in [0.2, 0.25) is 0 Å². The first-order valence-electron chi connectivity index (χ1n) is 6.33. The summed E-state index contributed by atoms with van der Waals surface area (Å²) in [7, 11) is -0.482. The van der Waals surface area contributed by atoms with Crippen molar-refractivity contribution < 1.29 is 0 Å². The molecular weight excluding hydrogens is 256 g/mol. The summed E-state index contributed by atoms with van der Waals surface area (Å²) in [5.41, 5.74) is 5.33. The van der Waals surface area contributed by atoms with E-state index >= 15 is 0 Å². The highest BCUT2D eigenvalue weighted by molar-refractivity contribution is 6.64. The van der Waals surface area contributed by atoms with Gasteiger partial charge in [0, 0.05) is 5.00 Å². The molecule has 1 unspecified atom stereocenters. The molecule has 0 spiro atoms. The van der Waals surface area contributed by atoms with E-state index in [0.717, 1.165) is 0 Å². The summed E-state index contributed by atoms with van der Waals surface area (Å²) in [6, 6.07) is 15.1. The van der Waals surface area contributed by atoms with Gasteiger partial charge in [-0.15, -0.1) is 11.6 Å². The highest BCUT2D eigenvalue weighted by atomic mass is 35.5. The Hall–Kier alpha value is -1.05. The van der Waals surface area contributed by atoms with Gasteiger partial charge in [0.1, 0.15) is 0 Å². The molecule has 2 aromatic rings. The average Bonchev–Trinajstić information content (AvgIpc) is 2.36. The van der Waals surface area contributed by atoms with Gasteiger partial charge in [0.15, 0.2) is 0 Å². The van der Waals surface area contributed by atoms with Crippen LogP contribution in [0.25, 0.3) is 0 Å². The quantitative estimate of drug-likeness (QED) is 0.595. The van der Waals surface area contributed by atoms with E-state index in [1.165, 1.54) is 27.4 Å². The number of alkyl halides is 1. The van der Waals surface area contributed by atoms with Gasteiger partial charge < -0.3 is 0 Å². The maximum absolute atomic E-state index is 6.58. The van der Waals surface area contributed by atoms with Crippen LogP contribution in [-0.2, 0) is 0 Å². The van der Waals surface area contributed by atoms with Crippen molar-refractivity contribution in [2.45, 2.75) is 25.8 Å². The molecule has 0 amide bonds. The van der Waals surface area contributed by atoms with E-state index in [1.807, 2.05) is 0 Å². The third kappa shape index (κ3) is 3.04. The van der Waals surface area contributed by atoms with Crippen molar-refractivity contribution in [2.24, 2.45) is 0 Å². The van der Waals surface area contributed by atoms with Crippen LogP contribution in [-0.4, -0.2) is 9.52 Å². The zero-order valence-electron chi connectivity index (χ0n) is 11.2. The first-order chi connectivity index (χ1) is 8.58. The zero-order valence-corrected chi connectivity index (χ0v) is 13.4. The third-order valence-corrected chi connectivity index (χ3v) is 6.31. The Morgan fingerprint density at radius 3 is 2.28 bits per heavy atom. The van der Waals surface area contributed by atoms with Crippen LogP contribution < -0.4 is 5.19 Å². The molecule has 0 aliphatic carbocycles. The predicted octanol–water partition coefficient (Wildman–Crippen LogP) is 3.34. The molecule has 0 aromatic heterocycles. The molecule has 0 heterocycles. The van der Waals surface area contributed by atoms with Gasteiger partial charge in [0.25, 0.3) is 0 Å². The summed E-state index contributed by atoms with van der Waals surface area (Å²) in [4.78, 5) is 0.